The van der Waals surface area contributed by atoms with Crippen molar-refractivity contribution in [3.05, 3.63) is 93.5 Å². The van der Waals surface area contributed by atoms with Crippen LogP contribution in [-0.4, -0.2) is 13.5 Å². The van der Waals surface area contributed by atoms with Gasteiger partial charge in [0, 0.05) is 17.9 Å². The number of hydrogen-bond acceptors (Lipinski definition) is 6. The highest BCUT2D eigenvalue weighted by atomic mass is 32.2. The molecule has 1 aromatic heterocycles. The van der Waals surface area contributed by atoms with E-state index in [-0.39, 0.29) is 34.8 Å². The largest absolute Gasteiger partial charge is 0.507 e. The maximum Gasteiger partial charge on any atom is 0.343 e. The summed E-state index contributed by atoms with van der Waals surface area (Å²) in [5.41, 5.74) is 1.85. The van der Waals surface area contributed by atoms with E-state index in [0.29, 0.717) is 12.2 Å². The highest BCUT2D eigenvalue weighted by Crippen LogP contribution is 2.48. The fraction of sp³-hybridized carbons (Fsp3) is 0.320. The van der Waals surface area contributed by atoms with Crippen molar-refractivity contribution in [2.24, 2.45) is 10.3 Å². The lowest BCUT2D eigenvalue weighted by Gasteiger charge is -2.20. The molecule has 0 aliphatic heterocycles. The van der Waals surface area contributed by atoms with Gasteiger partial charge in [0.2, 0.25) is 0 Å². The van der Waals surface area contributed by atoms with Gasteiger partial charge in [-0.25, -0.2) is 4.79 Å². The molecule has 1 N–H and O–H groups in total. The summed E-state index contributed by atoms with van der Waals surface area (Å²) in [7, 11) is -2.57. The Morgan fingerprint density at radius 3 is 2.47 bits per heavy atom. The van der Waals surface area contributed by atoms with Gasteiger partial charge in [-0.3, -0.25) is 0 Å². The van der Waals surface area contributed by atoms with Gasteiger partial charge in [-0.1, -0.05) is 49.4 Å². The third-order valence-electron chi connectivity index (χ3n) is 6.02. The molecule has 1 saturated carbocycles. The zero-order chi connectivity index (χ0) is 22.7. The molecule has 3 aromatic rings. The van der Waals surface area contributed by atoms with Gasteiger partial charge in [0.1, 0.15) is 11.5 Å². The van der Waals surface area contributed by atoms with Crippen LogP contribution in [0.15, 0.2) is 74.2 Å². The van der Waals surface area contributed by atoms with E-state index >= 15 is 0 Å². The highest BCUT2D eigenvalue weighted by molar-refractivity contribution is 7.61. The molecule has 166 valence electrons. The lowest BCUT2D eigenvalue weighted by Crippen LogP contribution is -2.17. The number of hydrogen-bond donors (Lipinski definition) is 1. The SMILES string of the molecule is CCC(Cc1ccccc1)c1cc(O)c(C(c2cccc(N=S(=O)=O)c2)C2CC2)c(=O)o1. The summed E-state index contributed by atoms with van der Waals surface area (Å²) in [5.74, 6) is 0.189. The van der Waals surface area contributed by atoms with Crippen LogP contribution in [0.25, 0.3) is 0 Å². The van der Waals surface area contributed by atoms with Crippen LogP contribution < -0.4 is 5.63 Å². The van der Waals surface area contributed by atoms with E-state index in [9.17, 15) is 18.3 Å². The summed E-state index contributed by atoms with van der Waals surface area (Å²) in [4.78, 5) is 13.1. The third-order valence-corrected chi connectivity index (χ3v) is 6.38. The van der Waals surface area contributed by atoms with Gasteiger partial charge in [-0.15, -0.1) is 4.36 Å². The van der Waals surface area contributed by atoms with Gasteiger partial charge in [0.25, 0.3) is 0 Å². The molecule has 32 heavy (non-hydrogen) atoms. The Morgan fingerprint density at radius 2 is 1.84 bits per heavy atom. The second kappa shape index (κ2) is 9.53. The average Bonchev–Trinajstić information content (AvgIpc) is 3.60. The summed E-state index contributed by atoms with van der Waals surface area (Å²) in [6.07, 6.45) is 3.32. The standard InChI is InChI=1S/C25H25NO5S/c1-2-17(13-16-7-4-3-5-8-16)22-15-21(27)24(25(28)31-22)23(18-11-12-18)19-9-6-10-20(14-19)26-32(29)30/h3-10,14-15,17-18,23,27H,2,11-13H2,1H3. The predicted molar refractivity (Wildman–Crippen MR) is 122 cm³/mol. The third kappa shape index (κ3) is 4.99. The number of nitrogens with zero attached hydrogens (tertiary/aromatic N) is 1. The van der Waals surface area contributed by atoms with Crippen molar-refractivity contribution in [2.45, 2.75) is 44.4 Å². The van der Waals surface area contributed by atoms with Crippen LogP contribution in [0.4, 0.5) is 5.69 Å². The quantitative estimate of drug-likeness (QED) is 0.500. The van der Waals surface area contributed by atoms with E-state index in [1.165, 1.54) is 0 Å². The summed E-state index contributed by atoms with van der Waals surface area (Å²) >= 11 is 0. The molecular formula is C25H25NO5S. The summed E-state index contributed by atoms with van der Waals surface area (Å²) < 4.78 is 31.2. The van der Waals surface area contributed by atoms with Crippen LogP contribution in [-0.2, 0) is 16.9 Å². The molecule has 1 aliphatic rings. The minimum Gasteiger partial charge on any atom is -0.507 e. The first kappa shape index (κ1) is 22.0. The molecule has 7 heteroatoms. The molecule has 2 aromatic carbocycles. The second-order valence-corrected chi connectivity index (χ2v) is 8.87. The summed E-state index contributed by atoms with van der Waals surface area (Å²) in [5, 5.41) is 10.9. The van der Waals surface area contributed by atoms with Gasteiger partial charge >= 0.3 is 16.1 Å². The van der Waals surface area contributed by atoms with Crippen molar-refractivity contribution in [1.82, 2.24) is 0 Å². The van der Waals surface area contributed by atoms with Gasteiger partial charge < -0.3 is 9.52 Å². The summed E-state index contributed by atoms with van der Waals surface area (Å²) in [6, 6.07) is 18.3. The van der Waals surface area contributed by atoms with Crippen LogP contribution in [0.3, 0.4) is 0 Å². The molecule has 0 saturated heterocycles. The van der Waals surface area contributed by atoms with Crippen LogP contribution in [0.5, 0.6) is 5.75 Å². The molecule has 0 bridgehead atoms. The molecule has 4 rings (SSSR count). The molecule has 1 aliphatic carbocycles. The van der Waals surface area contributed by atoms with Crippen molar-refractivity contribution in [2.75, 3.05) is 0 Å². The second-order valence-electron chi connectivity index (χ2n) is 8.25. The minimum absolute atomic E-state index is 0.0291. The van der Waals surface area contributed by atoms with Crippen molar-refractivity contribution in [3.63, 3.8) is 0 Å². The van der Waals surface area contributed by atoms with E-state index in [0.717, 1.165) is 30.4 Å². The fourth-order valence-electron chi connectivity index (χ4n) is 4.31. The van der Waals surface area contributed by atoms with E-state index in [4.69, 9.17) is 4.42 Å². The molecule has 0 spiro atoms. The molecular weight excluding hydrogens is 426 g/mol. The number of rotatable bonds is 8. The van der Waals surface area contributed by atoms with Crippen molar-refractivity contribution < 1.29 is 17.9 Å². The first-order chi connectivity index (χ1) is 15.5. The molecule has 1 heterocycles. The Bertz CT molecular complexity index is 1290. The Hall–Kier alpha value is -3.19. The smallest absolute Gasteiger partial charge is 0.343 e. The monoisotopic (exact) mass is 451 g/mol. The lowest BCUT2D eigenvalue weighted by molar-refractivity contribution is 0.379. The van der Waals surface area contributed by atoms with Crippen LogP contribution in [0.1, 0.15) is 60.5 Å². The van der Waals surface area contributed by atoms with E-state index < -0.39 is 16.1 Å². The molecule has 2 unspecified atom stereocenters. The summed E-state index contributed by atoms with van der Waals surface area (Å²) in [6.45, 7) is 2.03. The van der Waals surface area contributed by atoms with Crippen LogP contribution in [0, 0.1) is 5.92 Å². The first-order valence-corrected chi connectivity index (χ1v) is 11.8. The number of aromatic hydroxyl groups is 1. The van der Waals surface area contributed by atoms with E-state index in [1.54, 1.807) is 24.3 Å². The number of benzene rings is 2. The van der Waals surface area contributed by atoms with Crippen molar-refractivity contribution in [3.8, 4) is 5.75 Å². The zero-order valence-corrected chi connectivity index (χ0v) is 18.6. The fourth-order valence-corrected chi connectivity index (χ4v) is 4.59. The van der Waals surface area contributed by atoms with E-state index in [2.05, 4.69) is 4.36 Å². The van der Waals surface area contributed by atoms with Gasteiger partial charge in [-0.2, -0.15) is 8.42 Å². The molecule has 0 amide bonds. The maximum absolute atomic E-state index is 13.1. The normalized spacial score (nSPS) is 15.2. The Balaban J connectivity index is 1.72. The first-order valence-electron chi connectivity index (χ1n) is 10.8. The van der Waals surface area contributed by atoms with Crippen molar-refractivity contribution >= 4 is 16.2 Å². The van der Waals surface area contributed by atoms with Gasteiger partial charge in [0.05, 0.1) is 11.3 Å². The average molecular weight is 452 g/mol. The van der Waals surface area contributed by atoms with Gasteiger partial charge in [0.15, 0.2) is 0 Å². The topological polar surface area (TPSA) is 96.9 Å². The molecule has 2 atom stereocenters. The van der Waals surface area contributed by atoms with Gasteiger partial charge in [-0.05, 0) is 54.9 Å². The maximum atomic E-state index is 13.1. The minimum atomic E-state index is -2.57. The molecule has 1 fully saturated rings. The van der Waals surface area contributed by atoms with E-state index in [1.807, 2.05) is 43.3 Å². The van der Waals surface area contributed by atoms with Crippen molar-refractivity contribution in [1.29, 1.82) is 0 Å². The lowest BCUT2D eigenvalue weighted by atomic mass is 9.86. The predicted octanol–water partition coefficient (Wildman–Crippen LogP) is 5.32. The Morgan fingerprint density at radius 1 is 1.09 bits per heavy atom. The zero-order valence-electron chi connectivity index (χ0n) is 17.8. The van der Waals surface area contributed by atoms with Crippen LogP contribution >= 0.6 is 0 Å². The highest BCUT2D eigenvalue weighted by Gasteiger charge is 2.37. The van der Waals surface area contributed by atoms with Crippen LogP contribution in [0.2, 0.25) is 0 Å². The Kier molecular flexibility index (Phi) is 6.55. The molecule has 6 nitrogen and oxygen atoms in total. The Labute approximate surface area is 188 Å². The molecule has 0 radical (unpaired) electrons.